The Labute approximate surface area is 71.8 Å². The average Bonchev–Trinajstić information content (AvgIpc) is 2.09. The number of carbonyl (C=O) groups is 1. The molecule has 0 spiro atoms. The van der Waals surface area contributed by atoms with Crippen molar-refractivity contribution < 1.29 is 14.8 Å². The summed E-state index contributed by atoms with van der Waals surface area (Å²) >= 11 is 0. The molecule has 0 fully saturated rings. The van der Waals surface area contributed by atoms with Crippen molar-refractivity contribution >= 4 is 19.4 Å². The first-order valence-corrected chi connectivity index (χ1v) is 3.42. The van der Waals surface area contributed by atoms with Gasteiger partial charge in [0.2, 0.25) is 0 Å². The average molecular weight is 166 g/mol. The molecule has 0 saturated carbocycles. The highest BCUT2D eigenvalue weighted by Gasteiger charge is 2.08. The van der Waals surface area contributed by atoms with Gasteiger partial charge in [0.15, 0.2) is 0 Å². The first-order chi connectivity index (χ1) is 5.70. The van der Waals surface area contributed by atoms with Crippen molar-refractivity contribution in [2.45, 2.75) is 6.92 Å². The Morgan fingerprint density at radius 3 is 1.92 bits per heavy atom. The summed E-state index contributed by atoms with van der Waals surface area (Å²) in [6, 6.07) is 7.07. The molecule has 4 heteroatoms. The minimum absolute atomic E-state index is 0.533. The molecule has 0 bridgehead atoms. The first-order valence-electron chi connectivity index (χ1n) is 3.42. The van der Waals surface area contributed by atoms with Crippen LogP contribution in [0, 0.1) is 6.92 Å². The van der Waals surface area contributed by atoms with Gasteiger partial charge in [-0.2, -0.15) is 0 Å². The number of rotatable bonds is 1. The summed E-state index contributed by atoms with van der Waals surface area (Å²) in [5.74, 6) is 0. The molecule has 64 valence electrons. The maximum absolute atomic E-state index is 8.67. The van der Waals surface area contributed by atoms with Crippen LogP contribution < -0.4 is 5.46 Å². The predicted octanol–water partition coefficient (Wildman–Crippen LogP) is -0.510. The van der Waals surface area contributed by atoms with Crippen LogP contribution in [0.15, 0.2) is 24.3 Å². The summed E-state index contributed by atoms with van der Waals surface area (Å²) in [5.41, 5.74) is 1.65. The van der Waals surface area contributed by atoms with Gasteiger partial charge in [-0.1, -0.05) is 29.8 Å². The molecule has 1 aromatic carbocycles. The lowest BCUT2D eigenvalue weighted by Crippen LogP contribution is -2.29. The first kappa shape index (κ1) is 10.9. The second-order valence-corrected chi connectivity index (χ2v) is 2.28. The van der Waals surface area contributed by atoms with Crippen molar-refractivity contribution in [3.63, 3.8) is 0 Å². The standard InChI is InChI=1S/C7H9BO2.CH2O/c1-6-2-4-7(5-3-6)8(9)10;1-2/h2-5,9-10H,1H3;1H2. The van der Waals surface area contributed by atoms with E-state index in [0.29, 0.717) is 5.46 Å². The van der Waals surface area contributed by atoms with Crippen LogP contribution in [0.1, 0.15) is 5.56 Å². The lowest BCUT2D eigenvalue weighted by atomic mass is 9.80. The fourth-order valence-corrected chi connectivity index (χ4v) is 0.739. The lowest BCUT2D eigenvalue weighted by molar-refractivity contribution is -0.0979. The zero-order chi connectivity index (χ0) is 9.56. The van der Waals surface area contributed by atoms with E-state index in [-0.39, 0.29) is 0 Å². The van der Waals surface area contributed by atoms with Gasteiger partial charge in [0, 0.05) is 0 Å². The molecule has 0 aliphatic carbocycles. The van der Waals surface area contributed by atoms with Crippen molar-refractivity contribution in [2.24, 2.45) is 0 Å². The Morgan fingerprint density at radius 1 is 1.17 bits per heavy atom. The van der Waals surface area contributed by atoms with E-state index >= 15 is 0 Å². The fraction of sp³-hybridized carbons (Fsp3) is 0.125. The van der Waals surface area contributed by atoms with Crippen molar-refractivity contribution in [2.75, 3.05) is 0 Å². The quantitative estimate of drug-likeness (QED) is 0.552. The van der Waals surface area contributed by atoms with Crippen LogP contribution in [0.2, 0.25) is 0 Å². The highest BCUT2D eigenvalue weighted by atomic mass is 16.4. The van der Waals surface area contributed by atoms with E-state index < -0.39 is 7.12 Å². The van der Waals surface area contributed by atoms with Gasteiger partial charge in [-0.05, 0) is 12.4 Å². The highest BCUT2D eigenvalue weighted by molar-refractivity contribution is 6.58. The molecule has 0 aromatic heterocycles. The Hall–Kier alpha value is -1.13. The van der Waals surface area contributed by atoms with Crippen LogP contribution >= 0.6 is 0 Å². The summed E-state index contributed by atoms with van der Waals surface area (Å²) < 4.78 is 0. The number of aryl methyl sites for hydroxylation is 1. The zero-order valence-electron chi connectivity index (χ0n) is 6.90. The predicted molar refractivity (Wildman–Crippen MR) is 48.1 cm³/mol. The molecule has 12 heavy (non-hydrogen) atoms. The molecule has 2 N–H and O–H groups in total. The number of benzene rings is 1. The monoisotopic (exact) mass is 166 g/mol. The van der Waals surface area contributed by atoms with E-state index in [1.54, 1.807) is 12.1 Å². The van der Waals surface area contributed by atoms with Gasteiger partial charge in [0.05, 0.1) is 0 Å². The van der Waals surface area contributed by atoms with E-state index in [2.05, 4.69) is 0 Å². The van der Waals surface area contributed by atoms with Crippen LogP contribution in [0.3, 0.4) is 0 Å². The lowest BCUT2D eigenvalue weighted by Gasteiger charge is -1.97. The molecular weight excluding hydrogens is 155 g/mol. The molecule has 0 amide bonds. The molecule has 0 heterocycles. The van der Waals surface area contributed by atoms with E-state index in [1.165, 1.54) is 0 Å². The van der Waals surface area contributed by atoms with Crippen LogP contribution in [0.4, 0.5) is 0 Å². The van der Waals surface area contributed by atoms with Crippen molar-refractivity contribution in [1.29, 1.82) is 0 Å². The molecule has 0 saturated heterocycles. The maximum atomic E-state index is 8.67. The van der Waals surface area contributed by atoms with Gasteiger partial charge >= 0.3 is 7.12 Å². The topological polar surface area (TPSA) is 57.5 Å². The molecule has 1 aromatic rings. The summed E-state index contributed by atoms with van der Waals surface area (Å²) in [6.07, 6.45) is 0. The highest BCUT2D eigenvalue weighted by Crippen LogP contribution is 1.92. The summed E-state index contributed by atoms with van der Waals surface area (Å²) in [7, 11) is -1.35. The fourth-order valence-electron chi connectivity index (χ4n) is 0.739. The molecule has 0 aliphatic heterocycles. The summed E-state index contributed by atoms with van der Waals surface area (Å²) in [5, 5.41) is 17.3. The van der Waals surface area contributed by atoms with Crippen molar-refractivity contribution in [3.05, 3.63) is 29.8 Å². The molecular formula is C8H11BO3. The SMILES string of the molecule is C=O.Cc1ccc(B(O)O)cc1. The van der Waals surface area contributed by atoms with Crippen LogP contribution in [-0.4, -0.2) is 24.0 Å². The van der Waals surface area contributed by atoms with Gasteiger partial charge in [-0.3, -0.25) is 0 Å². The normalized spacial score (nSPS) is 8.25. The molecule has 0 unspecified atom stereocenters. The molecule has 0 atom stereocenters. The van der Waals surface area contributed by atoms with E-state index in [1.807, 2.05) is 25.8 Å². The zero-order valence-corrected chi connectivity index (χ0v) is 6.90. The largest absolute Gasteiger partial charge is 0.488 e. The molecule has 1 rings (SSSR count). The maximum Gasteiger partial charge on any atom is 0.488 e. The van der Waals surface area contributed by atoms with Gasteiger partial charge < -0.3 is 14.8 Å². The van der Waals surface area contributed by atoms with E-state index in [4.69, 9.17) is 14.8 Å². The van der Waals surface area contributed by atoms with Gasteiger partial charge in [0.1, 0.15) is 6.79 Å². The van der Waals surface area contributed by atoms with Gasteiger partial charge in [-0.25, -0.2) is 0 Å². The molecule has 3 nitrogen and oxygen atoms in total. The smallest absolute Gasteiger partial charge is 0.423 e. The second-order valence-electron chi connectivity index (χ2n) is 2.28. The number of hydrogen-bond donors (Lipinski definition) is 2. The summed E-state index contributed by atoms with van der Waals surface area (Å²) in [4.78, 5) is 8.00. The van der Waals surface area contributed by atoms with E-state index in [9.17, 15) is 0 Å². The minimum Gasteiger partial charge on any atom is -0.423 e. The third kappa shape index (κ3) is 3.32. The van der Waals surface area contributed by atoms with Crippen LogP contribution in [-0.2, 0) is 4.79 Å². The van der Waals surface area contributed by atoms with Crippen molar-refractivity contribution in [1.82, 2.24) is 0 Å². The third-order valence-electron chi connectivity index (χ3n) is 1.38. The Balaban J connectivity index is 0.000000561. The molecule has 0 aliphatic rings. The van der Waals surface area contributed by atoms with Gasteiger partial charge in [0.25, 0.3) is 0 Å². The van der Waals surface area contributed by atoms with E-state index in [0.717, 1.165) is 5.56 Å². The third-order valence-corrected chi connectivity index (χ3v) is 1.38. The van der Waals surface area contributed by atoms with Crippen molar-refractivity contribution in [3.8, 4) is 0 Å². The van der Waals surface area contributed by atoms with Crippen LogP contribution in [0.25, 0.3) is 0 Å². The number of carbonyl (C=O) groups excluding carboxylic acids is 1. The number of hydrogen-bond acceptors (Lipinski definition) is 3. The molecule has 0 radical (unpaired) electrons. The van der Waals surface area contributed by atoms with Crippen LogP contribution in [0.5, 0.6) is 0 Å². The Bertz CT molecular complexity index is 220. The Morgan fingerprint density at radius 2 is 1.58 bits per heavy atom. The summed E-state index contributed by atoms with van der Waals surface area (Å²) in [6.45, 7) is 3.95. The second kappa shape index (κ2) is 5.52. The van der Waals surface area contributed by atoms with Gasteiger partial charge in [-0.15, -0.1) is 0 Å². The Kier molecular flexibility index (Phi) is 5.00. The minimum atomic E-state index is -1.35.